The van der Waals surface area contributed by atoms with Crippen LogP contribution in [0.1, 0.15) is 5.56 Å². The summed E-state index contributed by atoms with van der Waals surface area (Å²) in [4.78, 5) is 17.4. The van der Waals surface area contributed by atoms with Crippen LogP contribution in [0.5, 0.6) is 17.2 Å². The van der Waals surface area contributed by atoms with Gasteiger partial charge in [0.2, 0.25) is 5.91 Å². The van der Waals surface area contributed by atoms with Gasteiger partial charge in [-0.3, -0.25) is 4.79 Å². The predicted octanol–water partition coefficient (Wildman–Crippen LogP) is 2.60. The van der Waals surface area contributed by atoms with Gasteiger partial charge in [0.05, 0.1) is 20.1 Å². The lowest BCUT2D eigenvalue weighted by Gasteiger charge is -2.61. The van der Waals surface area contributed by atoms with Crippen molar-refractivity contribution < 1.29 is 19.0 Å². The van der Waals surface area contributed by atoms with Crippen molar-refractivity contribution >= 4 is 11.6 Å². The smallest absolute Gasteiger partial charge is 0.229 e. The number of para-hydroxylation sites is 1. The van der Waals surface area contributed by atoms with Crippen LogP contribution in [0, 0.1) is 11.3 Å². The quantitative estimate of drug-likeness (QED) is 0.798. The van der Waals surface area contributed by atoms with E-state index >= 15 is 0 Å². The van der Waals surface area contributed by atoms with E-state index in [9.17, 15) is 4.79 Å². The van der Waals surface area contributed by atoms with Crippen molar-refractivity contribution in [1.82, 2.24) is 4.90 Å². The average molecular weight is 394 g/mol. The highest BCUT2D eigenvalue weighted by molar-refractivity contribution is 5.81. The van der Waals surface area contributed by atoms with Crippen molar-refractivity contribution in [1.29, 1.82) is 0 Å². The zero-order chi connectivity index (χ0) is 20.0. The molecule has 1 amide bonds. The molecule has 0 radical (unpaired) electrons. The van der Waals surface area contributed by atoms with Crippen LogP contribution in [-0.2, 0) is 11.2 Å². The van der Waals surface area contributed by atoms with Gasteiger partial charge in [0.25, 0.3) is 0 Å². The normalized spacial score (nSPS) is 21.5. The van der Waals surface area contributed by atoms with Crippen LogP contribution in [0.25, 0.3) is 0 Å². The molecule has 2 aromatic carbocycles. The maximum Gasteiger partial charge on any atom is 0.229 e. The van der Waals surface area contributed by atoms with E-state index in [1.807, 2.05) is 35.2 Å². The van der Waals surface area contributed by atoms with Gasteiger partial charge in [-0.15, -0.1) is 0 Å². The summed E-state index contributed by atoms with van der Waals surface area (Å²) in [5.74, 6) is 2.51. The lowest BCUT2D eigenvalue weighted by Crippen LogP contribution is -2.73. The fourth-order valence-corrected chi connectivity index (χ4v) is 4.83. The molecule has 0 N–H and O–H groups in total. The Labute approximate surface area is 171 Å². The van der Waals surface area contributed by atoms with Gasteiger partial charge in [-0.1, -0.05) is 12.1 Å². The van der Waals surface area contributed by atoms with Crippen LogP contribution in [-0.4, -0.2) is 57.8 Å². The fraction of sp³-hybridized carbons (Fsp3) is 0.435. The lowest BCUT2D eigenvalue weighted by atomic mass is 9.72. The molecule has 152 valence electrons. The first-order valence-corrected chi connectivity index (χ1v) is 10.1. The number of rotatable bonds is 4. The molecule has 0 saturated carbocycles. The van der Waals surface area contributed by atoms with Crippen molar-refractivity contribution in [3.05, 3.63) is 48.0 Å². The third kappa shape index (κ3) is 3.07. The summed E-state index contributed by atoms with van der Waals surface area (Å²) in [6.07, 6.45) is 0.715. The second-order valence-corrected chi connectivity index (χ2v) is 8.41. The topological polar surface area (TPSA) is 51.2 Å². The number of nitrogens with zero attached hydrogens (tertiary/aromatic N) is 2. The van der Waals surface area contributed by atoms with Gasteiger partial charge in [-0.2, -0.15) is 0 Å². The highest BCUT2D eigenvalue weighted by atomic mass is 16.5. The van der Waals surface area contributed by atoms with Crippen molar-refractivity contribution in [2.75, 3.05) is 51.9 Å². The van der Waals surface area contributed by atoms with E-state index in [1.54, 1.807) is 14.2 Å². The summed E-state index contributed by atoms with van der Waals surface area (Å²) in [6.45, 7) is 4.13. The molecule has 2 saturated heterocycles. The molecule has 5 rings (SSSR count). The van der Waals surface area contributed by atoms with E-state index in [2.05, 4.69) is 17.0 Å². The number of carbonyl (C=O) groups excluding carboxylic acids is 1. The Kier molecular flexibility index (Phi) is 4.30. The number of methoxy groups -OCH3 is 2. The molecule has 0 bridgehead atoms. The predicted molar refractivity (Wildman–Crippen MR) is 110 cm³/mol. The Balaban J connectivity index is 1.16. The molecule has 3 aliphatic rings. The van der Waals surface area contributed by atoms with E-state index in [1.165, 1.54) is 5.69 Å². The monoisotopic (exact) mass is 394 g/mol. The molecule has 3 aliphatic heterocycles. The van der Waals surface area contributed by atoms with Crippen LogP contribution in [0.3, 0.4) is 0 Å². The molecule has 1 unspecified atom stereocenters. The van der Waals surface area contributed by atoms with Crippen LogP contribution >= 0.6 is 0 Å². The number of benzene rings is 2. The number of likely N-dealkylation sites (tertiary alicyclic amines) is 1. The summed E-state index contributed by atoms with van der Waals surface area (Å²) in [7, 11) is 3.32. The minimum absolute atomic E-state index is 0.107. The number of anilines is 1. The highest BCUT2D eigenvalue weighted by Crippen LogP contribution is 2.43. The van der Waals surface area contributed by atoms with Crippen LogP contribution in [0.2, 0.25) is 0 Å². The summed E-state index contributed by atoms with van der Waals surface area (Å²) in [5, 5.41) is 0. The SMILES string of the molecule is COc1ccc(N2CC3(CN(C(=O)C4COc5c(cccc5OC)C4)C3)C2)cc1. The van der Waals surface area contributed by atoms with Gasteiger partial charge in [0, 0.05) is 37.3 Å². The number of fused-ring (bicyclic) bond motifs is 1. The van der Waals surface area contributed by atoms with Crippen LogP contribution < -0.4 is 19.1 Å². The first-order valence-electron chi connectivity index (χ1n) is 10.1. The summed E-state index contributed by atoms with van der Waals surface area (Å²) in [6, 6.07) is 14.0. The fourth-order valence-electron chi connectivity index (χ4n) is 4.83. The maximum absolute atomic E-state index is 13.0. The van der Waals surface area contributed by atoms with Crippen LogP contribution in [0.15, 0.2) is 42.5 Å². The molecule has 6 heteroatoms. The minimum atomic E-state index is -0.107. The molecule has 2 fully saturated rings. The molecular weight excluding hydrogens is 368 g/mol. The van der Waals surface area contributed by atoms with Crippen LogP contribution in [0.4, 0.5) is 5.69 Å². The molecular formula is C23H26N2O4. The second-order valence-electron chi connectivity index (χ2n) is 8.41. The number of ether oxygens (including phenoxy) is 3. The molecule has 29 heavy (non-hydrogen) atoms. The van der Waals surface area contributed by atoms with Gasteiger partial charge in [-0.25, -0.2) is 0 Å². The van der Waals surface area contributed by atoms with Gasteiger partial charge >= 0.3 is 0 Å². The number of hydrogen-bond donors (Lipinski definition) is 0. The van der Waals surface area contributed by atoms with E-state index in [0.29, 0.717) is 13.0 Å². The molecule has 1 atom stereocenters. The molecule has 0 aromatic heterocycles. The molecule has 1 spiro atoms. The third-order valence-electron chi connectivity index (χ3n) is 6.38. The Bertz CT molecular complexity index is 913. The minimum Gasteiger partial charge on any atom is -0.497 e. The van der Waals surface area contributed by atoms with Crippen molar-refractivity contribution in [3.63, 3.8) is 0 Å². The Hall–Kier alpha value is -2.89. The summed E-state index contributed by atoms with van der Waals surface area (Å²) in [5.41, 5.74) is 2.53. The van der Waals surface area contributed by atoms with Crippen molar-refractivity contribution in [2.24, 2.45) is 11.3 Å². The van der Waals surface area contributed by atoms with Crippen molar-refractivity contribution in [2.45, 2.75) is 6.42 Å². The average Bonchev–Trinajstić information content (AvgIpc) is 2.71. The van der Waals surface area contributed by atoms with Gasteiger partial charge in [-0.05, 0) is 42.3 Å². The Morgan fingerprint density at radius 2 is 1.79 bits per heavy atom. The standard InChI is InChI=1S/C23H26N2O4/c1-27-19-8-6-18(7-9-19)24-12-23(13-24)14-25(15-23)22(26)17-10-16-4-3-5-20(28-2)21(16)29-11-17/h3-9,17H,10-15H2,1-2H3. The summed E-state index contributed by atoms with van der Waals surface area (Å²) < 4.78 is 16.5. The maximum atomic E-state index is 13.0. The van der Waals surface area contributed by atoms with E-state index < -0.39 is 0 Å². The third-order valence-corrected chi connectivity index (χ3v) is 6.38. The van der Waals surface area contributed by atoms with Gasteiger partial charge in [0.15, 0.2) is 11.5 Å². The van der Waals surface area contributed by atoms with Gasteiger partial charge in [0.1, 0.15) is 12.4 Å². The van der Waals surface area contributed by atoms with E-state index in [-0.39, 0.29) is 17.2 Å². The first kappa shape index (κ1) is 18.2. The molecule has 0 aliphatic carbocycles. The number of carbonyl (C=O) groups is 1. The zero-order valence-corrected chi connectivity index (χ0v) is 16.9. The molecule has 3 heterocycles. The summed E-state index contributed by atoms with van der Waals surface area (Å²) >= 11 is 0. The number of hydrogen-bond acceptors (Lipinski definition) is 5. The van der Waals surface area contributed by atoms with Gasteiger partial charge < -0.3 is 24.0 Å². The first-order chi connectivity index (χ1) is 14.1. The second kappa shape index (κ2) is 6.87. The molecule has 6 nitrogen and oxygen atoms in total. The van der Waals surface area contributed by atoms with E-state index in [4.69, 9.17) is 14.2 Å². The Morgan fingerprint density at radius 1 is 1.03 bits per heavy atom. The zero-order valence-electron chi connectivity index (χ0n) is 16.9. The molecule has 2 aromatic rings. The highest BCUT2D eigenvalue weighted by Gasteiger charge is 2.54. The largest absolute Gasteiger partial charge is 0.497 e. The number of amides is 1. The van der Waals surface area contributed by atoms with Crippen molar-refractivity contribution in [3.8, 4) is 17.2 Å². The Morgan fingerprint density at radius 3 is 2.48 bits per heavy atom. The lowest BCUT2D eigenvalue weighted by molar-refractivity contribution is -0.151. The van der Waals surface area contributed by atoms with E-state index in [0.717, 1.165) is 49.0 Å².